The summed E-state index contributed by atoms with van der Waals surface area (Å²) in [4.78, 5) is 13.3. The standard InChI is InChI=1S/C21H25ClN6O2/c1-14-3-6-16(7-4-14)28-20(24-17-13-15(22)5-8-18(17)29-2)25-19(23)26-21(28)27-9-11-30-12-10-27/h3-8,13,20,24H,9-12H2,1-2H3,(H2,23,25). The van der Waals surface area contributed by atoms with Crippen molar-refractivity contribution in [2.24, 2.45) is 15.7 Å². The molecule has 1 unspecified atom stereocenters. The molecule has 0 spiro atoms. The van der Waals surface area contributed by atoms with E-state index in [2.05, 4.69) is 39.3 Å². The van der Waals surface area contributed by atoms with Crippen LogP contribution in [0.4, 0.5) is 11.4 Å². The highest BCUT2D eigenvalue weighted by Gasteiger charge is 2.32. The Balaban J connectivity index is 1.74. The highest BCUT2D eigenvalue weighted by molar-refractivity contribution is 6.31. The van der Waals surface area contributed by atoms with Crippen molar-refractivity contribution in [3.05, 3.63) is 53.1 Å². The summed E-state index contributed by atoms with van der Waals surface area (Å²) in [5.41, 5.74) is 8.95. The Hall–Kier alpha value is -2.97. The summed E-state index contributed by atoms with van der Waals surface area (Å²) in [6, 6.07) is 13.6. The molecule has 1 saturated heterocycles. The molecule has 158 valence electrons. The van der Waals surface area contributed by atoms with Crippen LogP contribution in [0.2, 0.25) is 5.02 Å². The topological polar surface area (TPSA) is 87.7 Å². The van der Waals surface area contributed by atoms with Crippen molar-refractivity contribution in [1.82, 2.24) is 4.90 Å². The minimum Gasteiger partial charge on any atom is -0.495 e. The molecule has 0 amide bonds. The third-order valence-electron chi connectivity index (χ3n) is 4.98. The molecule has 2 aliphatic heterocycles. The van der Waals surface area contributed by atoms with E-state index in [0.717, 1.165) is 24.7 Å². The van der Waals surface area contributed by atoms with Gasteiger partial charge in [-0.3, -0.25) is 4.90 Å². The van der Waals surface area contributed by atoms with Crippen molar-refractivity contribution < 1.29 is 9.47 Å². The van der Waals surface area contributed by atoms with Gasteiger partial charge in [0.1, 0.15) is 5.75 Å². The maximum atomic E-state index is 6.23. The van der Waals surface area contributed by atoms with Gasteiger partial charge < -0.3 is 25.4 Å². The van der Waals surface area contributed by atoms with E-state index in [4.69, 9.17) is 26.8 Å². The first-order chi connectivity index (χ1) is 14.5. The number of aliphatic imine (C=N–C) groups is 2. The molecule has 1 fully saturated rings. The molecule has 0 aromatic heterocycles. The van der Waals surface area contributed by atoms with E-state index >= 15 is 0 Å². The maximum Gasteiger partial charge on any atom is 0.222 e. The summed E-state index contributed by atoms with van der Waals surface area (Å²) in [6.07, 6.45) is -0.532. The third kappa shape index (κ3) is 4.29. The molecule has 2 heterocycles. The van der Waals surface area contributed by atoms with Crippen LogP contribution in [-0.4, -0.2) is 56.5 Å². The van der Waals surface area contributed by atoms with Crippen LogP contribution in [-0.2, 0) is 4.74 Å². The van der Waals surface area contributed by atoms with Gasteiger partial charge in [0.2, 0.25) is 18.2 Å². The van der Waals surface area contributed by atoms with Crippen molar-refractivity contribution in [2.75, 3.05) is 43.6 Å². The molecule has 2 aromatic carbocycles. The lowest BCUT2D eigenvalue weighted by Crippen LogP contribution is -2.57. The molecule has 0 radical (unpaired) electrons. The summed E-state index contributed by atoms with van der Waals surface area (Å²) in [7, 11) is 1.62. The van der Waals surface area contributed by atoms with Crippen LogP contribution < -0.4 is 20.7 Å². The molecule has 8 nitrogen and oxygen atoms in total. The predicted molar refractivity (Wildman–Crippen MR) is 121 cm³/mol. The summed E-state index contributed by atoms with van der Waals surface area (Å²) in [6.45, 7) is 4.78. The van der Waals surface area contributed by atoms with Gasteiger partial charge in [-0.25, -0.2) is 4.99 Å². The molecule has 0 bridgehead atoms. The average molecular weight is 429 g/mol. The lowest BCUT2D eigenvalue weighted by Gasteiger charge is -2.41. The molecule has 4 rings (SSSR count). The van der Waals surface area contributed by atoms with Gasteiger partial charge in [-0.05, 0) is 37.3 Å². The van der Waals surface area contributed by atoms with Gasteiger partial charge in [0.15, 0.2) is 0 Å². The van der Waals surface area contributed by atoms with Crippen molar-refractivity contribution >= 4 is 34.9 Å². The van der Waals surface area contributed by atoms with Gasteiger partial charge in [-0.2, -0.15) is 4.99 Å². The number of ether oxygens (including phenoxy) is 2. The van der Waals surface area contributed by atoms with Gasteiger partial charge in [-0.1, -0.05) is 29.3 Å². The van der Waals surface area contributed by atoms with Crippen molar-refractivity contribution in [2.45, 2.75) is 13.2 Å². The fourth-order valence-corrected chi connectivity index (χ4v) is 3.63. The van der Waals surface area contributed by atoms with Gasteiger partial charge >= 0.3 is 0 Å². The number of nitrogens with zero attached hydrogens (tertiary/aromatic N) is 4. The van der Waals surface area contributed by atoms with E-state index in [1.807, 2.05) is 23.1 Å². The molecule has 9 heteroatoms. The number of hydrogen-bond donors (Lipinski definition) is 2. The zero-order chi connectivity index (χ0) is 21.1. The number of benzene rings is 2. The highest BCUT2D eigenvalue weighted by atomic mass is 35.5. The molecule has 30 heavy (non-hydrogen) atoms. The van der Waals surface area contributed by atoms with E-state index in [9.17, 15) is 0 Å². The zero-order valence-corrected chi connectivity index (χ0v) is 17.8. The van der Waals surface area contributed by atoms with E-state index < -0.39 is 6.29 Å². The van der Waals surface area contributed by atoms with Crippen molar-refractivity contribution in [3.63, 3.8) is 0 Å². The number of hydrogen-bond acceptors (Lipinski definition) is 8. The smallest absolute Gasteiger partial charge is 0.222 e. The second-order valence-corrected chi connectivity index (χ2v) is 7.50. The first kappa shape index (κ1) is 20.3. The Morgan fingerprint density at radius 3 is 2.60 bits per heavy atom. The Morgan fingerprint density at radius 2 is 1.90 bits per heavy atom. The molecular formula is C21H25ClN6O2. The Kier molecular flexibility index (Phi) is 5.96. The fraction of sp³-hybridized carbons (Fsp3) is 0.333. The Bertz CT molecular complexity index is 956. The summed E-state index contributed by atoms with van der Waals surface area (Å²) >= 11 is 6.23. The van der Waals surface area contributed by atoms with E-state index in [1.165, 1.54) is 5.56 Å². The van der Waals surface area contributed by atoms with Crippen LogP contribution in [0.3, 0.4) is 0 Å². The third-order valence-corrected chi connectivity index (χ3v) is 5.22. The predicted octanol–water partition coefficient (Wildman–Crippen LogP) is 2.88. The van der Waals surface area contributed by atoms with Crippen LogP contribution in [0.1, 0.15) is 5.56 Å². The molecule has 0 saturated carbocycles. The van der Waals surface area contributed by atoms with E-state index in [-0.39, 0.29) is 5.96 Å². The number of guanidine groups is 2. The number of halogens is 1. The lowest BCUT2D eigenvalue weighted by atomic mass is 10.2. The van der Waals surface area contributed by atoms with Crippen LogP contribution in [0.5, 0.6) is 5.75 Å². The first-order valence-corrected chi connectivity index (χ1v) is 10.1. The molecule has 2 aliphatic rings. The second kappa shape index (κ2) is 8.81. The molecule has 3 N–H and O–H groups in total. The normalized spacial score (nSPS) is 19.2. The Morgan fingerprint density at radius 1 is 1.17 bits per heavy atom. The van der Waals surface area contributed by atoms with Crippen LogP contribution in [0.25, 0.3) is 0 Å². The molecule has 0 aliphatic carbocycles. The molecule has 1 atom stereocenters. The lowest BCUT2D eigenvalue weighted by molar-refractivity contribution is 0.0671. The number of rotatable bonds is 4. The van der Waals surface area contributed by atoms with Gasteiger partial charge in [-0.15, -0.1) is 0 Å². The number of nitrogens with one attached hydrogen (secondary N) is 1. The number of aryl methyl sites for hydroxylation is 1. The van der Waals surface area contributed by atoms with Crippen LogP contribution in [0.15, 0.2) is 52.4 Å². The first-order valence-electron chi connectivity index (χ1n) is 9.76. The summed E-state index contributed by atoms with van der Waals surface area (Å²) in [5, 5.41) is 4.01. The number of nitrogens with two attached hydrogens (primary N) is 1. The van der Waals surface area contributed by atoms with Crippen LogP contribution in [0, 0.1) is 6.92 Å². The summed E-state index contributed by atoms with van der Waals surface area (Å²) in [5.74, 6) is 1.60. The van der Waals surface area contributed by atoms with E-state index in [1.54, 1.807) is 19.2 Å². The van der Waals surface area contributed by atoms with Crippen molar-refractivity contribution in [1.29, 1.82) is 0 Å². The zero-order valence-electron chi connectivity index (χ0n) is 17.0. The van der Waals surface area contributed by atoms with Gasteiger partial charge in [0.05, 0.1) is 26.0 Å². The largest absolute Gasteiger partial charge is 0.495 e. The van der Waals surface area contributed by atoms with E-state index in [0.29, 0.717) is 29.7 Å². The number of methoxy groups -OCH3 is 1. The average Bonchev–Trinajstić information content (AvgIpc) is 2.75. The Labute approximate surface area is 180 Å². The summed E-state index contributed by atoms with van der Waals surface area (Å²) < 4.78 is 11.0. The quantitative estimate of drug-likeness (QED) is 0.778. The second-order valence-electron chi connectivity index (χ2n) is 7.07. The van der Waals surface area contributed by atoms with Gasteiger partial charge in [0.25, 0.3) is 0 Å². The molecular weight excluding hydrogens is 404 g/mol. The minimum atomic E-state index is -0.532. The van der Waals surface area contributed by atoms with Crippen molar-refractivity contribution in [3.8, 4) is 5.75 Å². The van der Waals surface area contributed by atoms with Gasteiger partial charge in [0, 0.05) is 23.8 Å². The van der Waals surface area contributed by atoms with Crippen LogP contribution >= 0.6 is 11.6 Å². The highest BCUT2D eigenvalue weighted by Crippen LogP contribution is 2.31. The maximum absolute atomic E-state index is 6.23. The number of morpholine rings is 1. The number of anilines is 2. The SMILES string of the molecule is COc1ccc(Cl)cc1NC1N=C(N)N=C(N2CCOCC2)N1c1ccc(C)cc1. The monoisotopic (exact) mass is 428 g/mol. The molecule has 2 aromatic rings. The minimum absolute atomic E-state index is 0.207. The fourth-order valence-electron chi connectivity index (χ4n) is 3.45.